The summed E-state index contributed by atoms with van der Waals surface area (Å²) >= 11 is 0. The highest BCUT2D eigenvalue weighted by Crippen LogP contribution is 3.02. The summed E-state index contributed by atoms with van der Waals surface area (Å²) in [5.41, 5.74) is 0.0967. The van der Waals surface area contributed by atoms with E-state index in [9.17, 15) is 29.3 Å². The lowest BCUT2D eigenvalue weighted by Crippen LogP contribution is -2.09. The van der Waals surface area contributed by atoms with Crippen LogP contribution < -0.4 is 5.32 Å². The number of halogens is 5. The third kappa shape index (κ3) is 5.11. The van der Waals surface area contributed by atoms with Gasteiger partial charge in [0.2, 0.25) is 5.91 Å². The highest BCUT2D eigenvalue weighted by Gasteiger charge is 2.65. The lowest BCUT2D eigenvalue weighted by Gasteiger charge is -2.40. The molecule has 0 fully saturated rings. The largest absolute Gasteiger partial charge is 0.508 e. The zero-order chi connectivity index (χ0) is 18.9. The van der Waals surface area contributed by atoms with Gasteiger partial charge in [-0.15, -0.1) is 0 Å². The Kier molecular flexibility index (Phi) is 4.00. The third-order valence-corrected chi connectivity index (χ3v) is 4.16. The molecule has 2 aromatic rings. The van der Waals surface area contributed by atoms with Gasteiger partial charge in [-0.1, -0.05) is 19.4 Å². The molecule has 0 aliphatic carbocycles. The Balaban J connectivity index is 2.10. The van der Waals surface area contributed by atoms with Crippen molar-refractivity contribution in [1.82, 2.24) is 0 Å². The van der Waals surface area contributed by atoms with Crippen LogP contribution in [0.3, 0.4) is 0 Å². The van der Waals surface area contributed by atoms with Crippen LogP contribution in [0.1, 0.15) is 5.56 Å². The van der Waals surface area contributed by atoms with E-state index in [2.05, 4.69) is 5.32 Å². The quantitative estimate of drug-likeness (QED) is 0.490. The van der Waals surface area contributed by atoms with Crippen molar-refractivity contribution in [2.75, 3.05) is 5.32 Å². The second-order valence-corrected chi connectivity index (χ2v) is 7.47. The van der Waals surface area contributed by atoms with Crippen LogP contribution in [0.15, 0.2) is 53.4 Å². The molecule has 0 spiro atoms. The molecule has 3 N–H and O–H groups in total. The van der Waals surface area contributed by atoms with Crippen molar-refractivity contribution in [3.8, 4) is 11.5 Å². The molecule has 0 bridgehead atoms. The Labute approximate surface area is 138 Å². The highest BCUT2D eigenvalue weighted by atomic mass is 32.5. The number of carbonyl (C=O) groups is 1. The van der Waals surface area contributed by atoms with Crippen LogP contribution in [-0.4, -0.2) is 16.1 Å². The van der Waals surface area contributed by atoms with Gasteiger partial charge in [0.15, 0.2) is 0 Å². The zero-order valence-electron chi connectivity index (χ0n) is 12.3. The maximum Gasteiger partial charge on any atom is 0.310 e. The van der Waals surface area contributed by atoms with Gasteiger partial charge in [0.25, 0.3) is 0 Å². The first kappa shape index (κ1) is 18.6. The van der Waals surface area contributed by atoms with Crippen molar-refractivity contribution < 1.29 is 34.4 Å². The van der Waals surface area contributed by atoms with Gasteiger partial charge in [-0.25, -0.2) is 0 Å². The molecule has 0 aromatic heterocycles. The fourth-order valence-corrected chi connectivity index (χ4v) is 2.47. The number of nitrogens with one attached hydrogen (secondary N) is 1. The Bertz CT molecular complexity index is 848. The zero-order valence-corrected chi connectivity index (χ0v) is 13.1. The standard InChI is InChI=1S/C15H12F5NO3S/c16-25(17,18,19,20)13-6-3-11(4-7-13)21-15(24)8-2-10-1-5-12(22)9-14(10)23/h1-9,22-23H,(H,21,24). The van der Waals surface area contributed by atoms with Crippen LogP contribution in [0.2, 0.25) is 0 Å². The summed E-state index contributed by atoms with van der Waals surface area (Å²) in [5, 5.41) is 20.9. The predicted molar refractivity (Wildman–Crippen MR) is 85.3 cm³/mol. The van der Waals surface area contributed by atoms with Crippen LogP contribution in [0, 0.1) is 0 Å². The Morgan fingerprint density at radius 3 is 2.08 bits per heavy atom. The number of carbonyl (C=O) groups excluding carboxylic acids is 1. The Morgan fingerprint density at radius 1 is 0.960 bits per heavy atom. The number of hydrogen-bond donors (Lipinski definition) is 3. The summed E-state index contributed by atoms with van der Waals surface area (Å²) in [6.45, 7) is 0. The second kappa shape index (κ2) is 5.38. The minimum absolute atomic E-state index is 0.116. The first-order chi connectivity index (χ1) is 11.2. The van der Waals surface area contributed by atoms with Crippen molar-refractivity contribution in [1.29, 1.82) is 0 Å². The van der Waals surface area contributed by atoms with E-state index < -0.39 is 21.0 Å². The summed E-state index contributed by atoms with van der Waals surface area (Å²) in [7, 11) is -9.75. The van der Waals surface area contributed by atoms with E-state index in [1.54, 1.807) is 0 Å². The summed E-state index contributed by atoms with van der Waals surface area (Å²) in [6.07, 6.45) is 2.18. The fraction of sp³-hybridized carbons (Fsp3) is 0. The van der Waals surface area contributed by atoms with Crippen LogP contribution in [-0.2, 0) is 4.79 Å². The number of aromatic hydroxyl groups is 2. The number of rotatable bonds is 4. The predicted octanol–water partition coefficient (Wildman–Crippen LogP) is 5.41. The van der Waals surface area contributed by atoms with E-state index in [1.165, 1.54) is 18.2 Å². The average molecular weight is 381 g/mol. The molecule has 0 aliphatic rings. The van der Waals surface area contributed by atoms with Gasteiger partial charge in [0.1, 0.15) is 16.4 Å². The molecule has 0 radical (unpaired) electrons. The van der Waals surface area contributed by atoms with E-state index >= 15 is 0 Å². The topological polar surface area (TPSA) is 69.6 Å². The maximum absolute atomic E-state index is 12.6. The lowest BCUT2D eigenvalue weighted by molar-refractivity contribution is -0.111. The molecule has 136 valence electrons. The molecule has 0 unspecified atom stereocenters. The molecule has 25 heavy (non-hydrogen) atoms. The lowest BCUT2D eigenvalue weighted by atomic mass is 10.2. The summed E-state index contributed by atoms with van der Waals surface area (Å²) in [6, 6.07) is 5.44. The minimum Gasteiger partial charge on any atom is -0.508 e. The number of benzene rings is 2. The molecular formula is C15H12F5NO3S. The molecule has 0 aliphatic heterocycles. The van der Waals surface area contributed by atoms with Crippen molar-refractivity contribution in [3.05, 3.63) is 54.1 Å². The molecule has 10 heteroatoms. The number of anilines is 1. The average Bonchev–Trinajstić information content (AvgIpc) is 2.44. The van der Waals surface area contributed by atoms with Gasteiger partial charge >= 0.3 is 10.2 Å². The van der Waals surface area contributed by atoms with Gasteiger partial charge in [0, 0.05) is 23.4 Å². The summed E-state index contributed by atoms with van der Waals surface area (Å²) in [4.78, 5) is 9.63. The van der Waals surface area contributed by atoms with E-state index in [-0.39, 0.29) is 34.9 Å². The molecule has 0 heterocycles. The molecule has 0 saturated carbocycles. The molecule has 2 aromatic carbocycles. The number of amides is 1. The first-order valence-electron chi connectivity index (χ1n) is 6.60. The van der Waals surface area contributed by atoms with Gasteiger partial charge in [-0.3, -0.25) is 4.79 Å². The van der Waals surface area contributed by atoms with Gasteiger partial charge < -0.3 is 15.5 Å². The normalized spacial score (nSPS) is 14.8. The van der Waals surface area contributed by atoms with E-state index in [0.717, 1.165) is 12.1 Å². The van der Waals surface area contributed by atoms with E-state index in [0.29, 0.717) is 12.1 Å². The summed E-state index contributed by atoms with van der Waals surface area (Å²) in [5.74, 6) is -1.22. The van der Waals surface area contributed by atoms with Crippen LogP contribution >= 0.6 is 10.2 Å². The molecular weight excluding hydrogens is 369 g/mol. The van der Waals surface area contributed by atoms with Crippen LogP contribution in [0.25, 0.3) is 6.08 Å². The fourth-order valence-electron chi connectivity index (χ4n) is 1.82. The van der Waals surface area contributed by atoms with Gasteiger partial charge in [-0.2, -0.15) is 0 Å². The van der Waals surface area contributed by atoms with Crippen LogP contribution in [0.4, 0.5) is 25.1 Å². The third-order valence-electron chi connectivity index (χ3n) is 3.00. The van der Waals surface area contributed by atoms with Crippen molar-refractivity contribution in [3.63, 3.8) is 0 Å². The molecule has 4 nitrogen and oxygen atoms in total. The van der Waals surface area contributed by atoms with E-state index in [1.807, 2.05) is 0 Å². The smallest absolute Gasteiger partial charge is 0.310 e. The summed E-state index contributed by atoms with van der Waals surface area (Å²) < 4.78 is 62.9. The van der Waals surface area contributed by atoms with Gasteiger partial charge in [-0.05, 0) is 42.5 Å². The highest BCUT2D eigenvalue weighted by molar-refractivity contribution is 8.45. The maximum atomic E-state index is 12.6. The molecule has 1 amide bonds. The second-order valence-electron chi connectivity index (χ2n) is 5.06. The minimum atomic E-state index is -9.75. The SMILES string of the molecule is O=C(C=Cc1ccc(O)cc1O)Nc1ccc(S(F)(F)(F)(F)F)cc1. The van der Waals surface area contributed by atoms with Crippen molar-refractivity contribution >= 4 is 27.9 Å². The van der Waals surface area contributed by atoms with Crippen molar-refractivity contribution in [2.24, 2.45) is 0 Å². The molecule has 2 rings (SSSR count). The van der Waals surface area contributed by atoms with Crippen molar-refractivity contribution in [2.45, 2.75) is 4.90 Å². The Morgan fingerprint density at radius 2 is 1.56 bits per heavy atom. The number of phenolic OH excluding ortho intramolecular Hbond substituents is 2. The number of phenols is 2. The molecule has 0 saturated heterocycles. The van der Waals surface area contributed by atoms with E-state index in [4.69, 9.17) is 5.11 Å². The Hall–Kier alpha value is -2.75. The van der Waals surface area contributed by atoms with Gasteiger partial charge in [0.05, 0.1) is 0 Å². The monoisotopic (exact) mass is 381 g/mol. The molecule has 0 atom stereocenters. The first-order valence-corrected chi connectivity index (χ1v) is 8.55. The number of hydrogen-bond acceptors (Lipinski definition) is 3. The van der Waals surface area contributed by atoms with Crippen LogP contribution in [0.5, 0.6) is 11.5 Å².